The Hall–Kier alpha value is -0.380. The molecule has 0 unspecified atom stereocenters. The van der Waals surface area contributed by atoms with E-state index in [0.29, 0.717) is 0 Å². The van der Waals surface area contributed by atoms with Crippen LogP contribution in [-0.4, -0.2) is 29.7 Å². The van der Waals surface area contributed by atoms with Crippen molar-refractivity contribution in [3.8, 4) is 0 Å². The summed E-state index contributed by atoms with van der Waals surface area (Å²) in [6.07, 6.45) is 6.12. The molecule has 0 aromatic carbocycles. The standard InChI is InChI=1S/C10H16O3/c1-8-9(11)4-6-10(13-8)5-2-3-7-12-10/h4,6,8-9,11H,2-3,5,7H2,1H3/t8-,9+,10+/m1/s1. The van der Waals surface area contributed by atoms with Crippen LogP contribution in [0.1, 0.15) is 26.2 Å². The zero-order chi connectivity index (χ0) is 9.31. The Labute approximate surface area is 78.3 Å². The second kappa shape index (κ2) is 3.40. The highest BCUT2D eigenvalue weighted by molar-refractivity contribution is 5.06. The summed E-state index contributed by atoms with van der Waals surface area (Å²) in [7, 11) is 0. The molecule has 0 aromatic heterocycles. The molecule has 2 aliphatic heterocycles. The Kier molecular flexibility index (Phi) is 2.41. The van der Waals surface area contributed by atoms with Gasteiger partial charge in [-0.2, -0.15) is 0 Å². The maximum absolute atomic E-state index is 9.42. The molecule has 1 N–H and O–H groups in total. The zero-order valence-corrected chi connectivity index (χ0v) is 7.90. The van der Waals surface area contributed by atoms with Crippen LogP contribution in [0, 0.1) is 0 Å². The summed E-state index contributed by atoms with van der Waals surface area (Å²) in [6.45, 7) is 2.63. The number of aliphatic hydroxyl groups is 1. The first-order valence-electron chi connectivity index (χ1n) is 4.91. The molecule has 74 valence electrons. The monoisotopic (exact) mass is 184 g/mol. The molecule has 0 aliphatic carbocycles. The fourth-order valence-corrected chi connectivity index (χ4v) is 1.84. The van der Waals surface area contributed by atoms with Crippen molar-refractivity contribution in [3.05, 3.63) is 12.2 Å². The Morgan fingerprint density at radius 2 is 2.31 bits per heavy atom. The number of rotatable bonds is 0. The summed E-state index contributed by atoms with van der Waals surface area (Å²) in [4.78, 5) is 0. The molecule has 13 heavy (non-hydrogen) atoms. The van der Waals surface area contributed by atoms with Crippen LogP contribution < -0.4 is 0 Å². The van der Waals surface area contributed by atoms with E-state index in [1.54, 1.807) is 6.08 Å². The number of aliphatic hydroxyl groups excluding tert-OH is 1. The third-order valence-electron chi connectivity index (χ3n) is 2.68. The van der Waals surface area contributed by atoms with E-state index in [4.69, 9.17) is 9.47 Å². The molecule has 0 saturated carbocycles. The van der Waals surface area contributed by atoms with Crippen molar-refractivity contribution in [1.82, 2.24) is 0 Å². The summed E-state index contributed by atoms with van der Waals surface area (Å²) in [6, 6.07) is 0. The van der Waals surface area contributed by atoms with Gasteiger partial charge >= 0.3 is 0 Å². The molecule has 3 nitrogen and oxygen atoms in total. The summed E-state index contributed by atoms with van der Waals surface area (Å²) in [5.74, 6) is -0.531. The molecule has 3 heteroatoms. The first-order valence-corrected chi connectivity index (χ1v) is 4.91. The van der Waals surface area contributed by atoms with Gasteiger partial charge in [-0.25, -0.2) is 0 Å². The van der Waals surface area contributed by atoms with Crippen LogP contribution in [-0.2, 0) is 9.47 Å². The Bertz CT molecular complexity index is 206. The van der Waals surface area contributed by atoms with E-state index in [1.807, 2.05) is 13.0 Å². The van der Waals surface area contributed by atoms with Crippen molar-refractivity contribution in [2.24, 2.45) is 0 Å². The largest absolute Gasteiger partial charge is 0.386 e. The van der Waals surface area contributed by atoms with Crippen molar-refractivity contribution >= 4 is 0 Å². The van der Waals surface area contributed by atoms with Gasteiger partial charge in [-0.3, -0.25) is 0 Å². The van der Waals surface area contributed by atoms with Crippen LogP contribution in [0.2, 0.25) is 0 Å². The van der Waals surface area contributed by atoms with Gasteiger partial charge in [-0.05, 0) is 25.8 Å². The molecule has 1 saturated heterocycles. The second-order valence-electron chi connectivity index (χ2n) is 3.79. The first kappa shape index (κ1) is 9.19. The van der Waals surface area contributed by atoms with Gasteiger partial charge in [-0.15, -0.1) is 0 Å². The van der Waals surface area contributed by atoms with E-state index in [2.05, 4.69) is 0 Å². The van der Waals surface area contributed by atoms with Gasteiger partial charge in [0.15, 0.2) is 5.79 Å². The predicted molar refractivity (Wildman–Crippen MR) is 48.2 cm³/mol. The van der Waals surface area contributed by atoms with E-state index >= 15 is 0 Å². The van der Waals surface area contributed by atoms with Gasteiger partial charge in [0.25, 0.3) is 0 Å². The minimum atomic E-state index is -0.531. The molecule has 2 rings (SSSR count). The lowest BCUT2D eigenvalue weighted by atomic mass is 10.0. The zero-order valence-electron chi connectivity index (χ0n) is 7.90. The highest BCUT2D eigenvalue weighted by atomic mass is 16.7. The lowest BCUT2D eigenvalue weighted by Crippen LogP contribution is -2.46. The van der Waals surface area contributed by atoms with Crippen molar-refractivity contribution in [3.63, 3.8) is 0 Å². The minimum absolute atomic E-state index is 0.164. The lowest BCUT2D eigenvalue weighted by Gasteiger charge is -2.40. The summed E-state index contributed by atoms with van der Waals surface area (Å²) in [5, 5.41) is 9.42. The van der Waals surface area contributed by atoms with Gasteiger partial charge in [0.05, 0.1) is 18.8 Å². The predicted octanol–water partition coefficient (Wildman–Crippen LogP) is 1.22. The average Bonchev–Trinajstić information content (AvgIpc) is 2.14. The molecule has 0 radical (unpaired) electrons. The Morgan fingerprint density at radius 3 is 2.92 bits per heavy atom. The topological polar surface area (TPSA) is 38.7 Å². The van der Waals surface area contributed by atoms with E-state index < -0.39 is 11.9 Å². The maximum Gasteiger partial charge on any atom is 0.188 e. The third-order valence-corrected chi connectivity index (χ3v) is 2.68. The van der Waals surface area contributed by atoms with Gasteiger partial charge < -0.3 is 14.6 Å². The Balaban J connectivity index is 2.10. The van der Waals surface area contributed by atoms with Crippen LogP contribution in [0.4, 0.5) is 0 Å². The van der Waals surface area contributed by atoms with E-state index in [0.717, 1.165) is 25.9 Å². The SMILES string of the molecule is C[C@H]1O[C@]2(C=C[C@@H]1O)CCCCO2. The molecule has 1 fully saturated rings. The van der Waals surface area contributed by atoms with E-state index in [1.165, 1.54) is 0 Å². The molecule has 0 aromatic rings. The van der Waals surface area contributed by atoms with Gasteiger partial charge in [0, 0.05) is 6.42 Å². The lowest BCUT2D eigenvalue weighted by molar-refractivity contribution is -0.259. The molecular weight excluding hydrogens is 168 g/mol. The van der Waals surface area contributed by atoms with Gasteiger partial charge in [0.2, 0.25) is 0 Å². The van der Waals surface area contributed by atoms with E-state index in [9.17, 15) is 5.11 Å². The van der Waals surface area contributed by atoms with Crippen LogP contribution in [0.15, 0.2) is 12.2 Å². The summed E-state index contributed by atoms with van der Waals surface area (Å²) in [5.41, 5.74) is 0. The fourth-order valence-electron chi connectivity index (χ4n) is 1.84. The third kappa shape index (κ3) is 1.77. The van der Waals surface area contributed by atoms with E-state index in [-0.39, 0.29) is 6.10 Å². The van der Waals surface area contributed by atoms with Crippen LogP contribution >= 0.6 is 0 Å². The van der Waals surface area contributed by atoms with Crippen molar-refractivity contribution in [2.45, 2.75) is 44.2 Å². The number of hydrogen-bond donors (Lipinski definition) is 1. The average molecular weight is 184 g/mol. The molecule has 2 aliphatic rings. The van der Waals surface area contributed by atoms with Gasteiger partial charge in [-0.1, -0.05) is 6.08 Å². The number of hydrogen-bond acceptors (Lipinski definition) is 3. The van der Waals surface area contributed by atoms with Crippen LogP contribution in [0.25, 0.3) is 0 Å². The second-order valence-corrected chi connectivity index (χ2v) is 3.79. The summed E-state index contributed by atoms with van der Waals surface area (Å²) >= 11 is 0. The van der Waals surface area contributed by atoms with Gasteiger partial charge in [0.1, 0.15) is 0 Å². The van der Waals surface area contributed by atoms with Crippen LogP contribution in [0.5, 0.6) is 0 Å². The molecule has 2 heterocycles. The highest BCUT2D eigenvalue weighted by Crippen LogP contribution is 2.32. The smallest absolute Gasteiger partial charge is 0.188 e. The molecule has 1 spiro atoms. The number of ether oxygens (including phenoxy) is 2. The quantitative estimate of drug-likeness (QED) is 0.575. The molecule has 0 amide bonds. The molecular formula is C10H16O3. The molecule has 0 bridgehead atoms. The molecule has 3 atom stereocenters. The summed E-state index contributed by atoms with van der Waals surface area (Å²) < 4.78 is 11.3. The van der Waals surface area contributed by atoms with Crippen molar-refractivity contribution in [2.75, 3.05) is 6.61 Å². The fraction of sp³-hybridized carbons (Fsp3) is 0.800. The highest BCUT2D eigenvalue weighted by Gasteiger charge is 2.37. The maximum atomic E-state index is 9.42. The van der Waals surface area contributed by atoms with Crippen molar-refractivity contribution < 1.29 is 14.6 Å². The Morgan fingerprint density at radius 1 is 1.46 bits per heavy atom. The van der Waals surface area contributed by atoms with Crippen LogP contribution in [0.3, 0.4) is 0 Å². The first-order chi connectivity index (χ1) is 6.22. The van der Waals surface area contributed by atoms with Crippen molar-refractivity contribution in [1.29, 1.82) is 0 Å². The normalized spacial score (nSPS) is 45.4. The minimum Gasteiger partial charge on any atom is -0.386 e.